The van der Waals surface area contributed by atoms with Gasteiger partial charge in [0.1, 0.15) is 6.10 Å². The van der Waals surface area contributed by atoms with Crippen LogP contribution >= 0.6 is 0 Å². The van der Waals surface area contributed by atoms with Crippen LogP contribution in [0.3, 0.4) is 0 Å². The molecule has 0 bridgehead atoms. The van der Waals surface area contributed by atoms with Crippen LogP contribution in [0, 0.1) is 5.92 Å². The van der Waals surface area contributed by atoms with Crippen LogP contribution in [0.15, 0.2) is 30.6 Å². The van der Waals surface area contributed by atoms with Crippen LogP contribution in [-0.4, -0.2) is 37.9 Å². The number of aliphatic hydroxyl groups is 1. The lowest BCUT2D eigenvalue weighted by Crippen LogP contribution is -2.24. The first kappa shape index (κ1) is 15.8. The predicted octanol–water partition coefficient (Wildman–Crippen LogP) is 2.56. The lowest BCUT2D eigenvalue weighted by molar-refractivity contribution is 0.148. The van der Waals surface area contributed by atoms with Gasteiger partial charge in [0.2, 0.25) is 0 Å². The van der Waals surface area contributed by atoms with Crippen LogP contribution in [0.5, 0.6) is 0 Å². The largest absolute Gasteiger partial charge is 0.386 e. The zero-order valence-corrected chi connectivity index (χ0v) is 14.1. The third-order valence-corrected chi connectivity index (χ3v) is 5.15. The molecule has 128 valence electrons. The molecule has 5 heteroatoms. The molecule has 5 nitrogen and oxygen atoms in total. The Morgan fingerprint density at radius 3 is 3.00 bits per heavy atom. The molecular weight excluding hydrogens is 300 g/mol. The van der Waals surface area contributed by atoms with E-state index in [1.165, 1.54) is 11.3 Å². The normalized spacial score (nSPS) is 19.7. The molecule has 1 aliphatic carbocycles. The first-order valence-electron chi connectivity index (χ1n) is 9.15. The standard InChI is InChI=1S/C19H26N4O/c24-19(16-6-7-16)18-12-17-14-22(10-3-11-23(17)21-18)9-2-5-15-4-1-8-20-13-15/h1,4,8,12-13,16,19,24H,2-3,5-7,9-11,14H2/t19-/m0/s1. The molecule has 0 saturated heterocycles. The Balaban J connectivity index is 1.35. The minimum absolute atomic E-state index is 0.358. The minimum atomic E-state index is -0.358. The molecular formula is C19H26N4O. The molecule has 2 aromatic rings. The highest BCUT2D eigenvalue weighted by Crippen LogP contribution is 2.40. The highest BCUT2D eigenvalue weighted by Gasteiger charge is 2.33. The van der Waals surface area contributed by atoms with E-state index in [-0.39, 0.29) is 6.10 Å². The third kappa shape index (κ3) is 3.68. The molecule has 0 spiro atoms. The molecule has 1 saturated carbocycles. The van der Waals surface area contributed by atoms with Gasteiger partial charge in [-0.2, -0.15) is 5.10 Å². The number of hydrogen-bond acceptors (Lipinski definition) is 4. The van der Waals surface area contributed by atoms with E-state index in [1.807, 2.05) is 18.5 Å². The number of rotatable bonds is 6. The van der Waals surface area contributed by atoms with Crippen molar-refractivity contribution in [1.82, 2.24) is 19.7 Å². The van der Waals surface area contributed by atoms with E-state index < -0.39 is 0 Å². The first-order chi connectivity index (χ1) is 11.8. The molecule has 3 heterocycles. The first-order valence-corrected chi connectivity index (χ1v) is 9.15. The summed E-state index contributed by atoms with van der Waals surface area (Å²) in [7, 11) is 0. The van der Waals surface area contributed by atoms with E-state index in [0.717, 1.165) is 64.0 Å². The summed E-state index contributed by atoms with van der Waals surface area (Å²) >= 11 is 0. The van der Waals surface area contributed by atoms with Crippen LogP contribution < -0.4 is 0 Å². The van der Waals surface area contributed by atoms with E-state index in [9.17, 15) is 5.11 Å². The third-order valence-electron chi connectivity index (χ3n) is 5.15. The molecule has 1 aliphatic heterocycles. The smallest absolute Gasteiger partial charge is 0.101 e. The fraction of sp³-hybridized carbons (Fsp3) is 0.579. The van der Waals surface area contributed by atoms with Gasteiger partial charge in [-0.05, 0) is 62.3 Å². The monoisotopic (exact) mass is 326 g/mol. The molecule has 0 amide bonds. The number of nitrogens with zero attached hydrogens (tertiary/aromatic N) is 4. The summed E-state index contributed by atoms with van der Waals surface area (Å²) in [6.45, 7) is 4.13. The second kappa shape index (κ2) is 7.03. The van der Waals surface area contributed by atoms with Crippen molar-refractivity contribution in [3.05, 3.63) is 47.5 Å². The average molecular weight is 326 g/mol. The number of fused-ring (bicyclic) bond motifs is 1. The maximum absolute atomic E-state index is 10.3. The second-order valence-electron chi connectivity index (χ2n) is 7.16. The predicted molar refractivity (Wildman–Crippen MR) is 92.4 cm³/mol. The van der Waals surface area contributed by atoms with Gasteiger partial charge < -0.3 is 5.11 Å². The van der Waals surface area contributed by atoms with Crippen LogP contribution in [0.25, 0.3) is 0 Å². The number of hydrogen-bond donors (Lipinski definition) is 1. The van der Waals surface area contributed by atoms with Crippen LogP contribution in [-0.2, 0) is 19.5 Å². The maximum Gasteiger partial charge on any atom is 0.101 e. The SMILES string of the molecule is O[C@H](c1cc2n(n1)CCCN(CCCc1cccnc1)C2)C1CC1. The Kier molecular flexibility index (Phi) is 4.63. The summed E-state index contributed by atoms with van der Waals surface area (Å²) in [6, 6.07) is 6.28. The van der Waals surface area contributed by atoms with Gasteiger partial charge >= 0.3 is 0 Å². The average Bonchev–Trinajstić information content (AvgIpc) is 3.40. The Hall–Kier alpha value is -1.72. The molecule has 2 aliphatic rings. The Labute approximate surface area is 143 Å². The fourth-order valence-corrected chi connectivity index (χ4v) is 3.59. The van der Waals surface area contributed by atoms with Crippen LogP contribution in [0.4, 0.5) is 0 Å². The van der Waals surface area contributed by atoms with Crippen molar-refractivity contribution >= 4 is 0 Å². The molecule has 2 aromatic heterocycles. The summed E-state index contributed by atoms with van der Waals surface area (Å²) in [5, 5.41) is 15.0. The van der Waals surface area contributed by atoms with Crippen molar-refractivity contribution in [3.63, 3.8) is 0 Å². The van der Waals surface area contributed by atoms with E-state index >= 15 is 0 Å². The Morgan fingerprint density at radius 2 is 2.21 bits per heavy atom. The quantitative estimate of drug-likeness (QED) is 0.886. The minimum Gasteiger partial charge on any atom is -0.386 e. The van der Waals surface area contributed by atoms with Crippen molar-refractivity contribution in [2.45, 2.75) is 51.3 Å². The van der Waals surface area contributed by atoms with Gasteiger partial charge in [-0.15, -0.1) is 0 Å². The lowest BCUT2D eigenvalue weighted by Gasteiger charge is -2.19. The fourth-order valence-electron chi connectivity index (χ4n) is 3.59. The molecule has 1 N–H and O–H groups in total. The van der Waals surface area contributed by atoms with Crippen LogP contribution in [0.2, 0.25) is 0 Å². The zero-order chi connectivity index (χ0) is 16.4. The molecule has 24 heavy (non-hydrogen) atoms. The molecule has 1 atom stereocenters. The van der Waals surface area contributed by atoms with Gasteiger partial charge in [-0.1, -0.05) is 6.07 Å². The second-order valence-corrected chi connectivity index (χ2v) is 7.16. The summed E-state index contributed by atoms with van der Waals surface area (Å²) in [5.74, 6) is 0.444. The van der Waals surface area contributed by atoms with E-state index in [4.69, 9.17) is 0 Å². The Morgan fingerprint density at radius 1 is 1.29 bits per heavy atom. The van der Waals surface area contributed by atoms with E-state index in [0.29, 0.717) is 5.92 Å². The lowest BCUT2D eigenvalue weighted by atomic mass is 10.1. The van der Waals surface area contributed by atoms with Gasteiger partial charge in [0.25, 0.3) is 0 Å². The van der Waals surface area contributed by atoms with Gasteiger partial charge in [-0.25, -0.2) is 0 Å². The zero-order valence-electron chi connectivity index (χ0n) is 14.1. The molecule has 1 fully saturated rings. The molecule has 0 radical (unpaired) electrons. The van der Waals surface area contributed by atoms with Crippen molar-refractivity contribution < 1.29 is 5.11 Å². The number of pyridine rings is 1. The molecule has 4 rings (SSSR count). The highest BCUT2D eigenvalue weighted by atomic mass is 16.3. The number of aromatic nitrogens is 3. The van der Waals surface area contributed by atoms with Crippen molar-refractivity contribution in [2.75, 3.05) is 13.1 Å². The maximum atomic E-state index is 10.3. The topological polar surface area (TPSA) is 54.2 Å². The summed E-state index contributed by atoms with van der Waals surface area (Å²) in [5.41, 5.74) is 3.44. The summed E-state index contributed by atoms with van der Waals surface area (Å²) in [6.07, 6.45) is 9.07. The van der Waals surface area contributed by atoms with Gasteiger partial charge in [0.15, 0.2) is 0 Å². The van der Waals surface area contributed by atoms with Crippen molar-refractivity contribution in [2.24, 2.45) is 5.92 Å². The van der Waals surface area contributed by atoms with Crippen molar-refractivity contribution in [3.8, 4) is 0 Å². The molecule has 0 aromatic carbocycles. The van der Waals surface area contributed by atoms with Crippen molar-refractivity contribution in [1.29, 1.82) is 0 Å². The molecule has 0 unspecified atom stereocenters. The number of aryl methyl sites for hydroxylation is 2. The van der Waals surface area contributed by atoms with Crippen LogP contribution in [0.1, 0.15) is 48.7 Å². The van der Waals surface area contributed by atoms with Gasteiger partial charge in [-0.3, -0.25) is 14.6 Å². The Bertz CT molecular complexity index is 665. The number of aliphatic hydroxyl groups excluding tert-OH is 1. The summed E-state index contributed by atoms with van der Waals surface area (Å²) in [4.78, 5) is 6.70. The van der Waals surface area contributed by atoms with E-state index in [2.05, 4.69) is 31.8 Å². The van der Waals surface area contributed by atoms with Gasteiger partial charge in [0.05, 0.1) is 11.4 Å². The van der Waals surface area contributed by atoms with E-state index in [1.54, 1.807) is 0 Å². The van der Waals surface area contributed by atoms with Gasteiger partial charge in [0, 0.05) is 32.0 Å². The summed E-state index contributed by atoms with van der Waals surface area (Å²) < 4.78 is 2.11. The highest BCUT2D eigenvalue weighted by molar-refractivity contribution is 5.15.